The molecule has 2 rings (SSSR count). The largest absolute Gasteiger partial charge is 0.393 e. The number of nitrogen functional groups attached to an aromatic ring is 1. The number of benzene rings is 1. The number of likely N-dealkylation sites (tertiary alicyclic amines) is 1. The maximum atomic E-state index is 12.3. The van der Waals surface area contributed by atoms with Gasteiger partial charge in [0.25, 0.3) is 11.6 Å². The van der Waals surface area contributed by atoms with Gasteiger partial charge in [-0.05, 0) is 30.9 Å². The number of carbonyl (C=O) groups is 1. The van der Waals surface area contributed by atoms with E-state index in [-0.39, 0.29) is 17.3 Å². The number of amides is 1. The summed E-state index contributed by atoms with van der Waals surface area (Å²) in [6.07, 6.45) is 2.09. The molecule has 1 aliphatic heterocycles. The highest BCUT2D eigenvalue weighted by atomic mass is 16.6. The minimum atomic E-state index is -0.565. The fourth-order valence-electron chi connectivity index (χ4n) is 2.39. The van der Waals surface area contributed by atoms with E-state index in [4.69, 9.17) is 5.73 Å². The molecule has 1 fully saturated rings. The summed E-state index contributed by atoms with van der Waals surface area (Å²) in [7, 11) is 0. The monoisotopic (exact) mass is 263 g/mol. The standard InChI is InChI=1S/C13H17N3O3/c1-9-3-2-6-15(8-9)13(17)10-4-5-11(14)12(7-10)16(18)19/h4-5,7,9H,2-3,6,8,14H2,1H3/t9-/m1/s1. The third-order valence-corrected chi connectivity index (χ3v) is 3.42. The molecule has 0 bridgehead atoms. The first-order valence-corrected chi connectivity index (χ1v) is 6.32. The topological polar surface area (TPSA) is 89.5 Å². The zero-order chi connectivity index (χ0) is 14.0. The quantitative estimate of drug-likeness (QED) is 0.502. The van der Waals surface area contributed by atoms with Gasteiger partial charge in [0.05, 0.1) is 4.92 Å². The molecule has 1 heterocycles. The number of nitrogens with two attached hydrogens (primary N) is 1. The van der Waals surface area contributed by atoms with Crippen molar-refractivity contribution in [3.8, 4) is 0 Å². The van der Waals surface area contributed by atoms with Gasteiger partial charge >= 0.3 is 0 Å². The second-order valence-corrected chi connectivity index (χ2v) is 5.03. The molecule has 1 aromatic carbocycles. The Hall–Kier alpha value is -2.11. The SMILES string of the molecule is C[C@@H]1CCCN(C(=O)c2ccc(N)c([N+](=O)[O-])c2)C1. The van der Waals surface area contributed by atoms with Crippen LogP contribution in [0, 0.1) is 16.0 Å². The molecule has 1 amide bonds. The average molecular weight is 263 g/mol. The fourth-order valence-corrected chi connectivity index (χ4v) is 2.39. The molecule has 0 saturated carbocycles. The molecular weight excluding hydrogens is 246 g/mol. The summed E-state index contributed by atoms with van der Waals surface area (Å²) in [4.78, 5) is 24.3. The molecule has 1 atom stereocenters. The highest BCUT2D eigenvalue weighted by molar-refractivity contribution is 5.95. The van der Waals surface area contributed by atoms with Crippen LogP contribution in [-0.4, -0.2) is 28.8 Å². The van der Waals surface area contributed by atoms with Crippen LogP contribution in [0.25, 0.3) is 0 Å². The Kier molecular flexibility index (Phi) is 3.69. The number of hydrogen-bond donors (Lipinski definition) is 1. The number of piperidine rings is 1. The molecule has 0 unspecified atom stereocenters. The van der Waals surface area contributed by atoms with Crippen molar-refractivity contribution in [2.24, 2.45) is 5.92 Å². The van der Waals surface area contributed by atoms with E-state index >= 15 is 0 Å². The van der Waals surface area contributed by atoms with Gasteiger partial charge in [-0.15, -0.1) is 0 Å². The van der Waals surface area contributed by atoms with Crippen molar-refractivity contribution < 1.29 is 9.72 Å². The van der Waals surface area contributed by atoms with E-state index in [9.17, 15) is 14.9 Å². The molecule has 19 heavy (non-hydrogen) atoms. The van der Waals surface area contributed by atoms with E-state index in [0.29, 0.717) is 24.6 Å². The Balaban J connectivity index is 2.24. The van der Waals surface area contributed by atoms with Gasteiger partial charge in [0.1, 0.15) is 5.69 Å². The average Bonchev–Trinajstić information content (AvgIpc) is 2.38. The van der Waals surface area contributed by atoms with Crippen LogP contribution in [-0.2, 0) is 0 Å². The highest BCUT2D eigenvalue weighted by Gasteiger charge is 2.24. The summed E-state index contributed by atoms with van der Waals surface area (Å²) in [5.41, 5.74) is 5.72. The van der Waals surface area contributed by atoms with E-state index in [1.807, 2.05) is 0 Å². The van der Waals surface area contributed by atoms with Crippen LogP contribution in [0.1, 0.15) is 30.1 Å². The van der Waals surface area contributed by atoms with Gasteiger partial charge in [0.15, 0.2) is 0 Å². The lowest BCUT2D eigenvalue weighted by atomic mass is 9.99. The second kappa shape index (κ2) is 5.26. The van der Waals surface area contributed by atoms with E-state index < -0.39 is 4.92 Å². The van der Waals surface area contributed by atoms with Gasteiger partial charge in [-0.2, -0.15) is 0 Å². The fraction of sp³-hybridized carbons (Fsp3) is 0.462. The van der Waals surface area contributed by atoms with Gasteiger partial charge < -0.3 is 10.6 Å². The lowest BCUT2D eigenvalue weighted by Crippen LogP contribution is -2.39. The van der Waals surface area contributed by atoms with Crippen molar-refractivity contribution in [3.63, 3.8) is 0 Å². The molecule has 1 aliphatic rings. The van der Waals surface area contributed by atoms with E-state index in [0.717, 1.165) is 12.8 Å². The highest BCUT2D eigenvalue weighted by Crippen LogP contribution is 2.24. The molecule has 6 heteroatoms. The summed E-state index contributed by atoms with van der Waals surface area (Å²) in [5.74, 6) is 0.316. The van der Waals surface area contributed by atoms with Crippen LogP contribution in [0.5, 0.6) is 0 Å². The molecule has 2 N–H and O–H groups in total. The Morgan fingerprint density at radius 3 is 2.89 bits per heavy atom. The Morgan fingerprint density at radius 2 is 2.26 bits per heavy atom. The molecule has 0 aliphatic carbocycles. The molecule has 6 nitrogen and oxygen atoms in total. The molecule has 102 valence electrons. The predicted molar refractivity (Wildman–Crippen MR) is 71.8 cm³/mol. The van der Waals surface area contributed by atoms with Crippen LogP contribution in [0.3, 0.4) is 0 Å². The first-order chi connectivity index (χ1) is 8.99. The van der Waals surface area contributed by atoms with Crippen molar-refractivity contribution in [3.05, 3.63) is 33.9 Å². The number of nitro groups is 1. The van der Waals surface area contributed by atoms with Gasteiger partial charge in [-0.1, -0.05) is 6.92 Å². The minimum absolute atomic E-state index is 0.0774. The number of rotatable bonds is 2. The number of anilines is 1. The van der Waals surface area contributed by atoms with E-state index in [1.165, 1.54) is 12.1 Å². The lowest BCUT2D eigenvalue weighted by Gasteiger charge is -2.31. The third kappa shape index (κ3) is 2.83. The van der Waals surface area contributed by atoms with Crippen molar-refractivity contribution in [2.75, 3.05) is 18.8 Å². The maximum absolute atomic E-state index is 12.3. The zero-order valence-corrected chi connectivity index (χ0v) is 10.8. The molecule has 1 saturated heterocycles. The molecular formula is C13H17N3O3. The predicted octanol–water partition coefficient (Wildman–Crippen LogP) is 2.05. The minimum Gasteiger partial charge on any atom is -0.393 e. The molecule has 0 radical (unpaired) electrons. The zero-order valence-electron chi connectivity index (χ0n) is 10.8. The van der Waals surface area contributed by atoms with Gasteiger partial charge in [0.2, 0.25) is 0 Å². The smallest absolute Gasteiger partial charge is 0.292 e. The van der Waals surface area contributed by atoms with Crippen molar-refractivity contribution in [1.29, 1.82) is 0 Å². The Labute approximate surface area is 111 Å². The molecule has 0 aromatic heterocycles. The van der Waals surface area contributed by atoms with Crippen molar-refractivity contribution in [2.45, 2.75) is 19.8 Å². The van der Waals surface area contributed by atoms with Gasteiger partial charge in [-0.25, -0.2) is 0 Å². The lowest BCUT2D eigenvalue weighted by molar-refractivity contribution is -0.383. The first kappa shape index (κ1) is 13.3. The Bertz CT molecular complexity index is 516. The van der Waals surface area contributed by atoms with Crippen LogP contribution >= 0.6 is 0 Å². The molecule has 0 spiro atoms. The summed E-state index contributed by atoms with van der Waals surface area (Å²) in [6.45, 7) is 3.52. The normalized spacial score (nSPS) is 19.2. The van der Waals surface area contributed by atoms with Gasteiger partial charge in [-0.3, -0.25) is 14.9 Å². The maximum Gasteiger partial charge on any atom is 0.292 e. The van der Waals surface area contributed by atoms with Crippen molar-refractivity contribution >= 4 is 17.3 Å². The number of hydrogen-bond acceptors (Lipinski definition) is 4. The van der Waals surface area contributed by atoms with Crippen LogP contribution in [0.4, 0.5) is 11.4 Å². The summed E-state index contributed by atoms with van der Waals surface area (Å²) in [5, 5.41) is 10.8. The number of nitro benzene ring substituents is 1. The summed E-state index contributed by atoms with van der Waals surface area (Å²) in [6, 6.07) is 4.22. The second-order valence-electron chi connectivity index (χ2n) is 5.03. The first-order valence-electron chi connectivity index (χ1n) is 6.32. The van der Waals surface area contributed by atoms with Crippen LogP contribution in [0.2, 0.25) is 0 Å². The molecule has 1 aromatic rings. The van der Waals surface area contributed by atoms with Crippen LogP contribution in [0.15, 0.2) is 18.2 Å². The number of carbonyl (C=O) groups excluding carboxylic acids is 1. The number of nitrogens with zero attached hydrogens (tertiary/aromatic N) is 2. The van der Waals surface area contributed by atoms with E-state index in [2.05, 4.69) is 6.92 Å². The summed E-state index contributed by atoms with van der Waals surface area (Å²) < 4.78 is 0. The van der Waals surface area contributed by atoms with Crippen LogP contribution < -0.4 is 5.73 Å². The van der Waals surface area contributed by atoms with Crippen molar-refractivity contribution in [1.82, 2.24) is 4.90 Å². The third-order valence-electron chi connectivity index (χ3n) is 3.42. The Morgan fingerprint density at radius 1 is 1.53 bits per heavy atom. The van der Waals surface area contributed by atoms with Gasteiger partial charge in [0, 0.05) is 24.7 Å². The van der Waals surface area contributed by atoms with E-state index in [1.54, 1.807) is 11.0 Å². The summed E-state index contributed by atoms with van der Waals surface area (Å²) >= 11 is 0.